The monoisotopic (exact) mass is 284 g/mol. The van der Waals surface area contributed by atoms with Crippen molar-refractivity contribution in [2.75, 3.05) is 0 Å². The molecule has 2 rings (SSSR count). The van der Waals surface area contributed by atoms with Crippen molar-refractivity contribution in [3.8, 4) is 11.5 Å². The molecule has 2 aromatic rings. The summed E-state index contributed by atoms with van der Waals surface area (Å²) in [5.74, 6) is 1.48. The fourth-order valence-electron chi connectivity index (χ4n) is 2.97. The Hall–Kier alpha value is -1.96. The standard InChI is InChI=1S/C19H24O2/c1-13(2)14(3)19(4,15-5-9-17(20)10-6-15)16-7-11-18(21)12-8-16/h5-14,20-21H,1-4H3. The van der Waals surface area contributed by atoms with Gasteiger partial charge in [0.25, 0.3) is 0 Å². The third kappa shape index (κ3) is 2.90. The molecular formula is C19H24O2. The molecule has 0 bridgehead atoms. The van der Waals surface area contributed by atoms with Gasteiger partial charge in [0.15, 0.2) is 0 Å². The Bertz CT molecular complexity index is 536. The van der Waals surface area contributed by atoms with Gasteiger partial charge in [-0.2, -0.15) is 0 Å². The predicted molar refractivity (Wildman–Crippen MR) is 86.7 cm³/mol. The van der Waals surface area contributed by atoms with Crippen molar-refractivity contribution in [3.05, 3.63) is 59.7 Å². The van der Waals surface area contributed by atoms with E-state index in [1.807, 2.05) is 24.3 Å². The summed E-state index contributed by atoms with van der Waals surface area (Å²) in [6.07, 6.45) is 0. The van der Waals surface area contributed by atoms with Crippen LogP contribution in [0.2, 0.25) is 0 Å². The first-order valence-electron chi connectivity index (χ1n) is 7.44. The van der Waals surface area contributed by atoms with Crippen LogP contribution in [-0.4, -0.2) is 10.2 Å². The van der Waals surface area contributed by atoms with Crippen molar-refractivity contribution in [1.82, 2.24) is 0 Å². The van der Waals surface area contributed by atoms with E-state index >= 15 is 0 Å². The maximum Gasteiger partial charge on any atom is 0.115 e. The zero-order valence-corrected chi connectivity index (χ0v) is 13.2. The van der Waals surface area contributed by atoms with Gasteiger partial charge in [0.05, 0.1) is 0 Å². The summed E-state index contributed by atoms with van der Waals surface area (Å²) in [6.45, 7) is 8.94. The molecule has 0 aliphatic rings. The molecule has 0 saturated carbocycles. The molecule has 0 radical (unpaired) electrons. The molecule has 0 heterocycles. The maximum atomic E-state index is 9.54. The molecule has 2 heteroatoms. The van der Waals surface area contributed by atoms with E-state index in [0.717, 1.165) is 0 Å². The lowest BCUT2D eigenvalue weighted by molar-refractivity contribution is 0.285. The van der Waals surface area contributed by atoms with Crippen molar-refractivity contribution < 1.29 is 10.2 Å². The topological polar surface area (TPSA) is 40.5 Å². The second-order valence-electron chi connectivity index (χ2n) is 6.33. The van der Waals surface area contributed by atoms with E-state index in [0.29, 0.717) is 11.8 Å². The Labute approximate surface area is 127 Å². The lowest BCUT2D eigenvalue weighted by Crippen LogP contribution is -2.34. The fourth-order valence-corrected chi connectivity index (χ4v) is 2.97. The van der Waals surface area contributed by atoms with Crippen LogP contribution in [0.1, 0.15) is 38.8 Å². The molecule has 21 heavy (non-hydrogen) atoms. The van der Waals surface area contributed by atoms with Crippen molar-refractivity contribution in [3.63, 3.8) is 0 Å². The normalized spacial score (nSPS) is 13.4. The van der Waals surface area contributed by atoms with Crippen molar-refractivity contribution in [2.24, 2.45) is 11.8 Å². The third-order valence-corrected chi connectivity index (χ3v) is 4.84. The number of aromatic hydroxyl groups is 2. The fraction of sp³-hybridized carbons (Fsp3) is 0.368. The van der Waals surface area contributed by atoms with Crippen LogP contribution >= 0.6 is 0 Å². The van der Waals surface area contributed by atoms with Crippen LogP contribution in [0, 0.1) is 11.8 Å². The first-order chi connectivity index (χ1) is 9.85. The van der Waals surface area contributed by atoms with Gasteiger partial charge < -0.3 is 10.2 Å². The van der Waals surface area contributed by atoms with Gasteiger partial charge in [-0.25, -0.2) is 0 Å². The summed E-state index contributed by atoms with van der Waals surface area (Å²) in [5, 5.41) is 19.1. The lowest BCUT2D eigenvalue weighted by atomic mass is 9.64. The van der Waals surface area contributed by atoms with Crippen LogP contribution in [0.4, 0.5) is 0 Å². The number of phenols is 2. The van der Waals surface area contributed by atoms with Gasteiger partial charge in [0, 0.05) is 5.41 Å². The average molecular weight is 284 g/mol. The predicted octanol–water partition coefficient (Wildman–Crippen LogP) is 4.70. The third-order valence-electron chi connectivity index (χ3n) is 4.84. The number of phenolic OH excluding ortho intramolecular Hbond substituents is 2. The van der Waals surface area contributed by atoms with E-state index < -0.39 is 0 Å². The van der Waals surface area contributed by atoms with Gasteiger partial charge >= 0.3 is 0 Å². The highest BCUT2D eigenvalue weighted by molar-refractivity contribution is 5.43. The molecule has 2 N–H and O–H groups in total. The summed E-state index contributed by atoms with van der Waals surface area (Å²) >= 11 is 0. The summed E-state index contributed by atoms with van der Waals surface area (Å²) in [5.41, 5.74) is 2.18. The Balaban J connectivity index is 2.58. The summed E-state index contributed by atoms with van der Waals surface area (Å²) in [6, 6.07) is 14.9. The first kappa shape index (κ1) is 15.4. The SMILES string of the molecule is CC(C)C(C)C(C)(c1ccc(O)cc1)c1ccc(O)cc1. The second-order valence-corrected chi connectivity index (χ2v) is 6.33. The molecule has 0 spiro atoms. The molecule has 0 aliphatic carbocycles. The molecule has 0 aliphatic heterocycles. The molecule has 0 saturated heterocycles. The zero-order chi connectivity index (χ0) is 15.6. The summed E-state index contributed by atoms with van der Waals surface area (Å²) < 4.78 is 0. The molecule has 2 nitrogen and oxygen atoms in total. The minimum atomic E-state index is -0.171. The maximum absolute atomic E-state index is 9.54. The van der Waals surface area contributed by atoms with E-state index in [9.17, 15) is 10.2 Å². The number of rotatable bonds is 4. The van der Waals surface area contributed by atoms with Gasteiger partial charge in [-0.15, -0.1) is 0 Å². The Morgan fingerprint density at radius 2 is 1.05 bits per heavy atom. The highest BCUT2D eigenvalue weighted by atomic mass is 16.3. The minimum Gasteiger partial charge on any atom is -0.508 e. The van der Waals surface area contributed by atoms with E-state index in [4.69, 9.17) is 0 Å². The van der Waals surface area contributed by atoms with Crippen molar-refractivity contribution in [1.29, 1.82) is 0 Å². The zero-order valence-electron chi connectivity index (χ0n) is 13.2. The second kappa shape index (κ2) is 5.80. The summed E-state index contributed by atoms with van der Waals surface area (Å²) in [7, 11) is 0. The molecule has 112 valence electrons. The smallest absolute Gasteiger partial charge is 0.115 e. The molecule has 2 aromatic carbocycles. The van der Waals surface area contributed by atoms with Gasteiger partial charge in [0.1, 0.15) is 11.5 Å². The number of hydrogen-bond acceptors (Lipinski definition) is 2. The van der Waals surface area contributed by atoms with Gasteiger partial charge in [-0.3, -0.25) is 0 Å². The van der Waals surface area contributed by atoms with E-state index in [-0.39, 0.29) is 16.9 Å². The number of benzene rings is 2. The Morgan fingerprint density at radius 3 is 1.33 bits per heavy atom. The first-order valence-corrected chi connectivity index (χ1v) is 7.44. The van der Waals surface area contributed by atoms with Crippen LogP contribution in [0.15, 0.2) is 48.5 Å². The van der Waals surface area contributed by atoms with Crippen LogP contribution in [0.5, 0.6) is 11.5 Å². The van der Waals surface area contributed by atoms with Gasteiger partial charge in [0.2, 0.25) is 0 Å². The summed E-state index contributed by atoms with van der Waals surface area (Å²) in [4.78, 5) is 0. The lowest BCUT2D eigenvalue weighted by Gasteiger charge is -2.39. The quantitative estimate of drug-likeness (QED) is 0.854. The average Bonchev–Trinajstić information content (AvgIpc) is 2.47. The van der Waals surface area contributed by atoms with E-state index in [1.54, 1.807) is 24.3 Å². The van der Waals surface area contributed by atoms with Crippen LogP contribution in [0.3, 0.4) is 0 Å². The number of hydrogen-bond donors (Lipinski definition) is 2. The van der Waals surface area contributed by atoms with Crippen LogP contribution in [0.25, 0.3) is 0 Å². The Kier molecular flexibility index (Phi) is 4.26. The highest BCUT2D eigenvalue weighted by Gasteiger charge is 2.36. The molecule has 1 atom stereocenters. The van der Waals surface area contributed by atoms with Gasteiger partial charge in [-0.1, -0.05) is 52.0 Å². The molecule has 0 amide bonds. The van der Waals surface area contributed by atoms with Crippen molar-refractivity contribution in [2.45, 2.75) is 33.1 Å². The van der Waals surface area contributed by atoms with Gasteiger partial charge in [-0.05, 0) is 47.2 Å². The van der Waals surface area contributed by atoms with Crippen LogP contribution < -0.4 is 0 Å². The van der Waals surface area contributed by atoms with E-state index in [2.05, 4.69) is 27.7 Å². The van der Waals surface area contributed by atoms with Crippen molar-refractivity contribution >= 4 is 0 Å². The Morgan fingerprint density at radius 1 is 0.714 bits per heavy atom. The molecule has 0 fully saturated rings. The molecule has 0 aromatic heterocycles. The molecular weight excluding hydrogens is 260 g/mol. The largest absolute Gasteiger partial charge is 0.508 e. The molecule has 1 unspecified atom stereocenters. The van der Waals surface area contributed by atoms with E-state index in [1.165, 1.54) is 11.1 Å². The minimum absolute atomic E-state index is 0.171. The van der Waals surface area contributed by atoms with Crippen LogP contribution in [-0.2, 0) is 5.41 Å². The highest BCUT2D eigenvalue weighted by Crippen LogP contribution is 2.42.